The second kappa shape index (κ2) is 4.84. The van der Waals surface area contributed by atoms with Crippen molar-refractivity contribution >= 4 is 5.91 Å². The molecular formula is C15H26N2O. The van der Waals surface area contributed by atoms with Gasteiger partial charge >= 0.3 is 0 Å². The molecule has 0 atom stereocenters. The van der Waals surface area contributed by atoms with Crippen LogP contribution in [0.3, 0.4) is 0 Å². The van der Waals surface area contributed by atoms with Crippen molar-refractivity contribution in [1.29, 1.82) is 0 Å². The molecule has 0 radical (unpaired) electrons. The highest BCUT2D eigenvalue weighted by Crippen LogP contribution is 2.61. The lowest BCUT2D eigenvalue weighted by Gasteiger charge is -2.56. The second-order valence-corrected chi connectivity index (χ2v) is 7.05. The fourth-order valence-corrected chi connectivity index (χ4v) is 5.24. The topological polar surface area (TPSA) is 41.1 Å². The molecule has 0 aromatic rings. The summed E-state index contributed by atoms with van der Waals surface area (Å²) in [6, 6.07) is 0. The molecule has 2 N–H and O–H groups in total. The molecule has 3 nitrogen and oxygen atoms in total. The Balaban J connectivity index is 1.57. The zero-order valence-corrected chi connectivity index (χ0v) is 11.5. The molecule has 4 aliphatic carbocycles. The van der Waals surface area contributed by atoms with Crippen LogP contribution in [0.4, 0.5) is 0 Å². The first-order valence-electron chi connectivity index (χ1n) is 7.60. The Kier molecular flexibility index (Phi) is 3.35. The number of hydrogen-bond acceptors (Lipinski definition) is 2. The highest BCUT2D eigenvalue weighted by atomic mass is 16.1. The predicted molar refractivity (Wildman–Crippen MR) is 72.2 cm³/mol. The van der Waals surface area contributed by atoms with E-state index in [9.17, 15) is 4.79 Å². The van der Waals surface area contributed by atoms with Gasteiger partial charge in [-0.25, -0.2) is 0 Å². The van der Waals surface area contributed by atoms with Crippen molar-refractivity contribution in [2.24, 2.45) is 23.2 Å². The van der Waals surface area contributed by atoms with Crippen LogP contribution in [-0.4, -0.2) is 26.0 Å². The zero-order chi connectivity index (χ0) is 12.6. The van der Waals surface area contributed by atoms with E-state index < -0.39 is 0 Å². The molecule has 0 heterocycles. The minimum Gasteiger partial charge on any atom is -0.355 e. The maximum absolute atomic E-state index is 12.1. The molecule has 4 bridgehead atoms. The van der Waals surface area contributed by atoms with Crippen LogP contribution in [-0.2, 0) is 4.79 Å². The quantitative estimate of drug-likeness (QED) is 0.732. The molecule has 4 aliphatic rings. The van der Waals surface area contributed by atoms with E-state index in [4.69, 9.17) is 0 Å². The van der Waals surface area contributed by atoms with Crippen molar-refractivity contribution in [1.82, 2.24) is 10.6 Å². The van der Waals surface area contributed by atoms with E-state index in [1.54, 1.807) is 0 Å². The zero-order valence-electron chi connectivity index (χ0n) is 11.5. The summed E-state index contributed by atoms with van der Waals surface area (Å²) in [6.07, 6.45) is 9.16. The number of hydrogen-bond donors (Lipinski definition) is 2. The van der Waals surface area contributed by atoms with Gasteiger partial charge in [-0.3, -0.25) is 4.79 Å². The number of carbonyl (C=O) groups excluding carboxylic acids is 1. The van der Waals surface area contributed by atoms with Gasteiger partial charge in [0.15, 0.2) is 0 Å². The number of rotatable bonds is 5. The summed E-state index contributed by atoms with van der Waals surface area (Å²) in [6.45, 7) is 1.63. The highest BCUT2D eigenvalue weighted by Gasteiger charge is 2.51. The summed E-state index contributed by atoms with van der Waals surface area (Å²) in [5, 5.41) is 6.12. The molecule has 0 aromatic carbocycles. The summed E-state index contributed by atoms with van der Waals surface area (Å²) in [7, 11) is 1.92. The minimum absolute atomic E-state index is 0.284. The Morgan fingerprint density at radius 3 is 2.11 bits per heavy atom. The van der Waals surface area contributed by atoms with E-state index >= 15 is 0 Å². The summed E-state index contributed by atoms with van der Waals surface area (Å²) in [5.74, 6) is 3.12. The summed E-state index contributed by atoms with van der Waals surface area (Å²) >= 11 is 0. The fourth-order valence-electron chi connectivity index (χ4n) is 5.24. The van der Waals surface area contributed by atoms with Crippen LogP contribution >= 0.6 is 0 Å². The number of likely N-dealkylation sites (N-methyl/N-ethyl adjacent to an activating group) is 1. The molecule has 18 heavy (non-hydrogen) atoms. The van der Waals surface area contributed by atoms with Crippen molar-refractivity contribution in [3.8, 4) is 0 Å². The van der Waals surface area contributed by atoms with Gasteiger partial charge in [-0.15, -0.1) is 0 Å². The van der Waals surface area contributed by atoms with Crippen molar-refractivity contribution in [2.75, 3.05) is 20.1 Å². The standard InChI is InChI=1S/C15H26N2O/c1-16-2-3-17-14(18)10-15-7-11-4-12(8-15)6-13(5-11)9-15/h11-13,16H,2-10H2,1H3,(H,17,18). The lowest BCUT2D eigenvalue weighted by atomic mass is 9.49. The molecule has 102 valence electrons. The van der Waals surface area contributed by atoms with Crippen LogP contribution in [0.25, 0.3) is 0 Å². The average Bonchev–Trinajstić information content (AvgIpc) is 2.26. The molecule has 4 rings (SSSR count). The normalized spacial score (nSPS) is 41.1. The average molecular weight is 250 g/mol. The van der Waals surface area contributed by atoms with Crippen LogP contribution in [0.1, 0.15) is 44.9 Å². The van der Waals surface area contributed by atoms with E-state index in [2.05, 4.69) is 10.6 Å². The van der Waals surface area contributed by atoms with E-state index in [1.165, 1.54) is 38.5 Å². The molecule has 4 fully saturated rings. The monoisotopic (exact) mass is 250 g/mol. The summed E-state index contributed by atoms with van der Waals surface area (Å²) < 4.78 is 0. The lowest BCUT2D eigenvalue weighted by Crippen LogP contribution is -2.48. The van der Waals surface area contributed by atoms with Crippen molar-refractivity contribution in [3.63, 3.8) is 0 Å². The molecule has 0 aliphatic heterocycles. The first kappa shape index (κ1) is 12.5. The Morgan fingerprint density at radius 2 is 1.61 bits per heavy atom. The predicted octanol–water partition coefficient (Wildman–Crippen LogP) is 1.93. The molecule has 0 spiro atoms. The van der Waals surface area contributed by atoms with Gasteiger partial charge in [0.05, 0.1) is 0 Å². The Labute approximate surface area is 110 Å². The summed E-state index contributed by atoms with van der Waals surface area (Å²) in [4.78, 5) is 12.1. The van der Waals surface area contributed by atoms with Crippen molar-refractivity contribution in [3.05, 3.63) is 0 Å². The first-order chi connectivity index (χ1) is 8.69. The van der Waals surface area contributed by atoms with E-state index in [-0.39, 0.29) is 5.91 Å². The van der Waals surface area contributed by atoms with Crippen molar-refractivity contribution in [2.45, 2.75) is 44.9 Å². The highest BCUT2D eigenvalue weighted by molar-refractivity contribution is 5.76. The molecule has 0 unspecified atom stereocenters. The van der Waals surface area contributed by atoms with Crippen LogP contribution in [0.5, 0.6) is 0 Å². The third kappa shape index (κ3) is 2.42. The Morgan fingerprint density at radius 1 is 1.06 bits per heavy atom. The molecule has 1 amide bonds. The third-order valence-electron chi connectivity index (χ3n) is 5.40. The maximum atomic E-state index is 12.1. The largest absolute Gasteiger partial charge is 0.355 e. The maximum Gasteiger partial charge on any atom is 0.220 e. The van der Waals surface area contributed by atoms with Gasteiger partial charge in [0, 0.05) is 19.5 Å². The fraction of sp³-hybridized carbons (Fsp3) is 0.933. The molecule has 3 heteroatoms. The number of amides is 1. The van der Waals surface area contributed by atoms with E-state index in [1.807, 2.05) is 7.05 Å². The number of carbonyl (C=O) groups is 1. The van der Waals surface area contributed by atoms with Gasteiger partial charge in [0.1, 0.15) is 0 Å². The number of nitrogens with one attached hydrogen (secondary N) is 2. The Bertz CT molecular complexity index is 291. The van der Waals surface area contributed by atoms with Crippen LogP contribution in [0.2, 0.25) is 0 Å². The van der Waals surface area contributed by atoms with Gasteiger partial charge in [-0.2, -0.15) is 0 Å². The first-order valence-corrected chi connectivity index (χ1v) is 7.60. The smallest absolute Gasteiger partial charge is 0.220 e. The van der Waals surface area contributed by atoms with Gasteiger partial charge in [0.2, 0.25) is 5.91 Å². The lowest BCUT2D eigenvalue weighted by molar-refractivity contribution is -0.129. The van der Waals surface area contributed by atoms with E-state index in [0.717, 1.165) is 37.3 Å². The Hall–Kier alpha value is -0.570. The molecule has 4 saturated carbocycles. The van der Waals surface area contributed by atoms with Gasteiger partial charge in [-0.05, 0) is 68.7 Å². The summed E-state index contributed by atoms with van der Waals surface area (Å²) in [5.41, 5.74) is 0.387. The second-order valence-electron chi connectivity index (χ2n) is 7.05. The van der Waals surface area contributed by atoms with Crippen LogP contribution < -0.4 is 10.6 Å². The minimum atomic E-state index is 0.284. The van der Waals surface area contributed by atoms with Gasteiger partial charge in [-0.1, -0.05) is 0 Å². The van der Waals surface area contributed by atoms with E-state index in [0.29, 0.717) is 5.41 Å². The third-order valence-corrected chi connectivity index (χ3v) is 5.40. The molecule has 0 aromatic heterocycles. The van der Waals surface area contributed by atoms with Gasteiger partial charge < -0.3 is 10.6 Å². The molecular weight excluding hydrogens is 224 g/mol. The SMILES string of the molecule is CNCCNC(=O)CC12CC3CC(CC(C3)C1)C2. The van der Waals surface area contributed by atoms with Crippen LogP contribution in [0.15, 0.2) is 0 Å². The molecule has 0 saturated heterocycles. The van der Waals surface area contributed by atoms with Crippen molar-refractivity contribution < 1.29 is 4.79 Å². The van der Waals surface area contributed by atoms with Gasteiger partial charge in [0.25, 0.3) is 0 Å². The van der Waals surface area contributed by atoms with Crippen LogP contribution in [0, 0.1) is 23.2 Å².